The monoisotopic (exact) mass is 212 g/mol. The average Bonchev–Trinajstić information content (AvgIpc) is 2.29. The minimum Gasteiger partial charge on any atom is -0.378 e. The number of piperidine rings is 1. The van der Waals surface area contributed by atoms with Gasteiger partial charge in [0.25, 0.3) is 0 Å². The molecule has 2 N–H and O–H groups in total. The van der Waals surface area contributed by atoms with E-state index in [0.717, 1.165) is 25.1 Å². The molecule has 3 atom stereocenters. The maximum atomic E-state index is 5.77. The van der Waals surface area contributed by atoms with Crippen molar-refractivity contribution in [2.75, 3.05) is 26.2 Å². The number of likely N-dealkylation sites (tertiary alicyclic amines) is 1. The van der Waals surface area contributed by atoms with E-state index >= 15 is 0 Å². The summed E-state index contributed by atoms with van der Waals surface area (Å²) >= 11 is 0. The Balaban J connectivity index is 1.86. The second kappa shape index (κ2) is 5.28. The molecule has 2 fully saturated rings. The van der Waals surface area contributed by atoms with Crippen molar-refractivity contribution < 1.29 is 4.74 Å². The van der Waals surface area contributed by atoms with Gasteiger partial charge in [-0.15, -0.1) is 0 Å². The zero-order valence-electron chi connectivity index (χ0n) is 9.82. The molecule has 2 rings (SSSR count). The van der Waals surface area contributed by atoms with Crippen LogP contribution in [0.25, 0.3) is 0 Å². The van der Waals surface area contributed by atoms with Crippen LogP contribution in [0.3, 0.4) is 0 Å². The smallest absolute Gasteiger partial charge is 0.0561 e. The number of rotatable bonds is 2. The molecule has 2 heterocycles. The predicted octanol–water partition coefficient (Wildman–Crippen LogP) is 1.22. The number of nitrogens with two attached hydrogens (primary N) is 1. The molecule has 3 nitrogen and oxygen atoms in total. The normalized spacial score (nSPS) is 39.2. The van der Waals surface area contributed by atoms with E-state index in [0.29, 0.717) is 6.10 Å². The second-order valence-corrected chi connectivity index (χ2v) is 5.10. The van der Waals surface area contributed by atoms with Crippen LogP contribution in [0.2, 0.25) is 0 Å². The summed E-state index contributed by atoms with van der Waals surface area (Å²) in [4.78, 5) is 2.65. The predicted molar refractivity (Wildman–Crippen MR) is 61.8 cm³/mol. The highest BCUT2D eigenvalue weighted by Crippen LogP contribution is 2.24. The molecule has 0 saturated carbocycles. The van der Waals surface area contributed by atoms with Gasteiger partial charge in [-0.25, -0.2) is 0 Å². The summed E-state index contributed by atoms with van der Waals surface area (Å²) in [5.41, 5.74) is 5.77. The van der Waals surface area contributed by atoms with Crippen LogP contribution in [0, 0.1) is 5.92 Å². The molecule has 0 radical (unpaired) electrons. The summed E-state index contributed by atoms with van der Waals surface area (Å²) in [6.45, 7) is 6.48. The van der Waals surface area contributed by atoms with Gasteiger partial charge < -0.3 is 10.5 Å². The van der Waals surface area contributed by atoms with Crippen molar-refractivity contribution in [2.24, 2.45) is 11.7 Å². The Labute approximate surface area is 93.0 Å². The molecule has 2 aliphatic heterocycles. The summed E-state index contributed by atoms with van der Waals surface area (Å²) in [5.74, 6) is 0.733. The summed E-state index contributed by atoms with van der Waals surface area (Å²) in [6, 6.07) is 0.753. The minimum absolute atomic E-state index is 0.446. The van der Waals surface area contributed by atoms with Gasteiger partial charge in [-0.05, 0) is 51.6 Å². The van der Waals surface area contributed by atoms with Gasteiger partial charge in [-0.3, -0.25) is 4.90 Å². The fraction of sp³-hybridized carbons (Fsp3) is 1.00. The lowest BCUT2D eigenvalue weighted by Crippen LogP contribution is -2.47. The van der Waals surface area contributed by atoms with Gasteiger partial charge in [-0.2, -0.15) is 0 Å². The Kier molecular flexibility index (Phi) is 4.00. The topological polar surface area (TPSA) is 38.5 Å². The Hall–Kier alpha value is -0.120. The first-order chi connectivity index (χ1) is 7.29. The van der Waals surface area contributed by atoms with E-state index in [4.69, 9.17) is 10.5 Å². The van der Waals surface area contributed by atoms with Gasteiger partial charge in [0.05, 0.1) is 6.10 Å². The lowest BCUT2D eigenvalue weighted by atomic mass is 9.94. The van der Waals surface area contributed by atoms with Gasteiger partial charge in [-0.1, -0.05) is 0 Å². The van der Waals surface area contributed by atoms with Crippen LogP contribution in [-0.2, 0) is 4.74 Å². The van der Waals surface area contributed by atoms with Crippen LogP contribution >= 0.6 is 0 Å². The molecule has 3 heteroatoms. The van der Waals surface area contributed by atoms with E-state index in [2.05, 4.69) is 11.8 Å². The van der Waals surface area contributed by atoms with Crippen LogP contribution < -0.4 is 5.73 Å². The molecule has 0 amide bonds. The van der Waals surface area contributed by atoms with Gasteiger partial charge in [0.15, 0.2) is 0 Å². The van der Waals surface area contributed by atoms with Gasteiger partial charge in [0, 0.05) is 19.2 Å². The first kappa shape index (κ1) is 11.4. The summed E-state index contributed by atoms with van der Waals surface area (Å²) in [7, 11) is 0. The molecule has 2 saturated heterocycles. The van der Waals surface area contributed by atoms with E-state index in [9.17, 15) is 0 Å². The van der Waals surface area contributed by atoms with E-state index in [1.807, 2.05) is 0 Å². The van der Waals surface area contributed by atoms with Gasteiger partial charge in [0.1, 0.15) is 0 Å². The number of nitrogens with zero attached hydrogens (tertiary/aromatic N) is 1. The summed E-state index contributed by atoms with van der Waals surface area (Å²) in [6.07, 6.45) is 5.51. The minimum atomic E-state index is 0.446. The molecule has 0 spiro atoms. The standard InChI is InChI=1S/C12H24N2O/c1-10-7-12(4-6-15-10)14-5-2-3-11(8-13)9-14/h10-12H,2-9,13H2,1H3. The Morgan fingerprint density at radius 2 is 2.27 bits per heavy atom. The Morgan fingerprint density at radius 1 is 1.40 bits per heavy atom. The zero-order valence-corrected chi connectivity index (χ0v) is 9.82. The largest absolute Gasteiger partial charge is 0.378 e. The van der Waals surface area contributed by atoms with Gasteiger partial charge >= 0.3 is 0 Å². The lowest BCUT2D eigenvalue weighted by molar-refractivity contribution is -0.0262. The molecule has 0 aliphatic carbocycles. The number of hydrogen-bond donors (Lipinski definition) is 1. The highest BCUT2D eigenvalue weighted by atomic mass is 16.5. The first-order valence-electron chi connectivity index (χ1n) is 6.35. The molecular weight excluding hydrogens is 188 g/mol. The van der Waals surface area contributed by atoms with E-state index in [-0.39, 0.29) is 0 Å². The highest BCUT2D eigenvalue weighted by Gasteiger charge is 2.28. The van der Waals surface area contributed by atoms with Crippen molar-refractivity contribution in [3.05, 3.63) is 0 Å². The molecular formula is C12H24N2O. The van der Waals surface area contributed by atoms with Crippen molar-refractivity contribution in [2.45, 2.75) is 44.8 Å². The third-order valence-corrected chi connectivity index (χ3v) is 3.86. The number of hydrogen-bond acceptors (Lipinski definition) is 3. The molecule has 88 valence electrons. The second-order valence-electron chi connectivity index (χ2n) is 5.10. The van der Waals surface area contributed by atoms with E-state index in [1.165, 1.54) is 38.8 Å². The lowest BCUT2D eigenvalue weighted by Gasteiger charge is -2.41. The van der Waals surface area contributed by atoms with Crippen LogP contribution in [0.1, 0.15) is 32.6 Å². The quantitative estimate of drug-likeness (QED) is 0.748. The Morgan fingerprint density at radius 3 is 3.00 bits per heavy atom. The number of ether oxygens (including phenoxy) is 1. The van der Waals surface area contributed by atoms with Crippen molar-refractivity contribution in [3.63, 3.8) is 0 Å². The fourth-order valence-electron chi connectivity index (χ4n) is 2.93. The van der Waals surface area contributed by atoms with Crippen LogP contribution in [-0.4, -0.2) is 43.3 Å². The van der Waals surface area contributed by atoms with Crippen LogP contribution in [0.15, 0.2) is 0 Å². The summed E-state index contributed by atoms with van der Waals surface area (Å²) < 4.78 is 5.60. The maximum absolute atomic E-state index is 5.77. The Bertz CT molecular complexity index is 198. The highest BCUT2D eigenvalue weighted by molar-refractivity contribution is 4.82. The molecule has 0 bridgehead atoms. The molecule has 3 unspecified atom stereocenters. The van der Waals surface area contributed by atoms with Crippen LogP contribution in [0.5, 0.6) is 0 Å². The molecule has 0 aromatic carbocycles. The third-order valence-electron chi connectivity index (χ3n) is 3.86. The third kappa shape index (κ3) is 2.92. The van der Waals surface area contributed by atoms with E-state index < -0.39 is 0 Å². The average molecular weight is 212 g/mol. The molecule has 2 aliphatic rings. The van der Waals surface area contributed by atoms with Crippen molar-refractivity contribution >= 4 is 0 Å². The fourth-order valence-corrected chi connectivity index (χ4v) is 2.93. The van der Waals surface area contributed by atoms with E-state index in [1.54, 1.807) is 0 Å². The SMILES string of the molecule is CC1CC(N2CCCC(CN)C2)CCO1. The molecule has 15 heavy (non-hydrogen) atoms. The zero-order chi connectivity index (χ0) is 10.7. The van der Waals surface area contributed by atoms with Crippen LogP contribution in [0.4, 0.5) is 0 Å². The van der Waals surface area contributed by atoms with Gasteiger partial charge in [0.2, 0.25) is 0 Å². The maximum Gasteiger partial charge on any atom is 0.0561 e. The molecule has 0 aromatic heterocycles. The van der Waals surface area contributed by atoms with Crippen molar-refractivity contribution in [1.82, 2.24) is 4.90 Å². The van der Waals surface area contributed by atoms with Crippen molar-refractivity contribution in [1.29, 1.82) is 0 Å². The summed E-state index contributed by atoms with van der Waals surface area (Å²) in [5, 5.41) is 0. The molecule has 0 aromatic rings. The first-order valence-corrected chi connectivity index (χ1v) is 6.35. The van der Waals surface area contributed by atoms with Crippen molar-refractivity contribution in [3.8, 4) is 0 Å².